The summed E-state index contributed by atoms with van der Waals surface area (Å²) >= 11 is 0. The van der Waals surface area contributed by atoms with E-state index in [1.807, 2.05) is 6.20 Å². The molecule has 1 heteroatoms. The molecule has 0 spiro atoms. The van der Waals surface area contributed by atoms with Gasteiger partial charge in [0.1, 0.15) is 0 Å². The molecule has 5 rings (SSSR count). The zero-order chi connectivity index (χ0) is 16.6. The Labute approximate surface area is 147 Å². The van der Waals surface area contributed by atoms with Gasteiger partial charge in [-0.2, -0.15) is 0 Å². The van der Waals surface area contributed by atoms with Gasteiger partial charge in [-0.05, 0) is 69.8 Å². The molecular formula is C24H19N. The van der Waals surface area contributed by atoms with Crippen molar-refractivity contribution in [2.75, 3.05) is 0 Å². The Hall–Kier alpha value is -3.06. The van der Waals surface area contributed by atoms with Crippen molar-refractivity contribution in [2.45, 2.75) is 12.8 Å². The van der Waals surface area contributed by atoms with Crippen molar-refractivity contribution in [1.29, 1.82) is 0 Å². The topological polar surface area (TPSA) is 15.8 Å². The maximum Gasteiger partial charge on any atom is 0.0459 e. The van der Waals surface area contributed by atoms with Crippen molar-refractivity contribution >= 4 is 22.6 Å². The normalized spacial score (nSPS) is 13.2. The van der Waals surface area contributed by atoms with Crippen molar-refractivity contribution in [2.24, 2.45) is 0 Å². The third-order valence-electron chi connectivity index (χ3n) is 5.17. The van der Waals surface area contributed by atoms with Crippen LogP contribution in [0.3, 0.4) is 0 Å². The highest BCUT2D eigenvalue weighted by atomic mass is 14.7. The van der Waals surface area contributed by atoms with Crippen LogP contribution in [0.15, 0.2) is 79.0 Å². The highest BCUT2D eigenvalue weighted by Gasteiger charge is 2.17. The number of aromatic amines is 1. The molecule has 0 radical (unpaired) electrons. The minimum Gasteiger partial charge on any atom is -0.361 e. The van der Waals surface area contributed by atoms with Gasteiger partial charge in [-0.25, -0.2) is 0 Å². The Morgan fingerprint density at radius 3 is 2.12 bits per heavy atom. The van der Waals surface area contributed by atoms with E-state index in [9.17, 15) is 0 Å². The molecule has 1 aliphatic rings. The molecule has 120 valence electrons. The van der Waals surface area contributed by atoms with Crippen molar-refractivity contribution in [3.8, 4) is 0 Å². The second kappa shape index (κ2) is 5.78. The average molecular weight is 321 g/mol. The number of aromatic nitrogens is 1. The molecule has 0 atom stereocenters. The quantitative estimate of drug-likeness (QED) is 0.452. The number of benzene rings is 3. The van der Waals surface area contributed by atoms with Gasteiger partial charge >= 0.3 is 0 Å². The summed E-state index contributed by atoms with van der Waals surface area (Å²) < 4.78 is 0. The summed E-state index contributed by atoms with van der Waals surface area (Å²) in [6.45, 7) is 0. The van der Waals surface area contributed by atoms with Crippen molar-refractivity contribution in [1.82, 2.24) is 4.98 Å². The van der Waals surface area contributed by atoms with Gasteiger partial charge in [-0.3, -0.25) is 0 Å². The summed E-state index contributed by atoms with van der Waals surface area (Å²) in [7, 11) is 0. The van der Waals surface area contributed by atoms with Gasteiger partial charge in [0.2, 0.25) is 0 Å². The van der Waals surface area contributed by atoms with Gasteiger partial charge in [0, 0.05) is 11.7 Å². The van der Waals surface area contributed by atoms with Gasteiger partial charge in [0.15, 0.2) is 0 Å². The summed E-state index contributed by atoms with van der Waals surface area (Å²) in [4.78, 5) is 3.32. The van der Waals surface area contributed by atoms with Crippen LogP contribution in [-0.2, 0) is 12.8 Å². The van der Waals surface area contributed by atoms with E-state index >= 15 is 0 Å². The van der Waals surface area contributed by atoms with E-state index in [2.05, 4.69) is 83.9 Å². The van der Waals surface area contributed by atoms with Crippen LogP contribution in [0.1, 0.15) is 27.8 Å². The monoisotopic (exact) mass is 321 g/mol. The second-order valence-corrected chi connectivity index (χ2v) is 6.70. The number of hydrogen-bond acceptors (Lipinski definition) is 0. The summed E-state index contributed by atoms with van der Waals surface area (Å²) in [5.41, 5.74) is 9.34. The van der Waals surface area contributed by atoms with Crippen LogP contribution in [0, 0.1) is 0 Å². The SMILES string of the molecule is C(=C1c2ccccc2CCc2ccccc21)c1ccc2cc[nH]c2c1. The molecule has 0 aliphatic heterocycles. The van der Waals surface area contributed by atoms with E-state index in [-0.39, 0.29) is 0 Å². The smallest absolute Gasteiger partial charge is 0.0459 e. The predicted octanol–water partition coefficient (Wildman–Crippen LogP) is 5.86. The Balaban J connectivity index is 1.75. The lowest BCUT2D eigenvalue weighted by atomic mass is 9.92. The lowest BCUT2D eigenvalue weighted by Crippen LogP contribution is -1.92. The number of fused-ring (bicyclic) bond motifs is 3. The Morgan fingerprint density at radius 2 is 1.40 bits per heavy atom. The molecule has 0 saturated heterocycles. The average Bonchev–Trinajstić information content (AvgIpc) is 3.07. The van der Waals surface area contributed by atoms with Gasteiger partial charge in [0.05, 0.1) is 0 Å². The number of rotatable bonds is 1. The molecule has 1 N–H and O–H groups in total. The molecule has 0 bridgehead atoms. The molecule has 1 aromatic heterocycles. The van der Waals surface area contributed by atoms with Crippen LogP contribution in [-0.4, -0.2) is 4.98 Å². The van der Waals surface area contributed by atoms with Crippen LogP contribution in [0.4, 0.5) is 0 Å². The molecule has 1 nitrogen and oxygen atoms in total. The number of nitrogens with one attached hydrogen (secondary N) is 1. The first-order valence-electron chi connectivity index (χ1n) is 8.84. The van der Waals surface area contributed by atoms with Crippen molar-refractivity contribution in [3.63, 3.8) is 0 Å². The number of hydrogen-bond donors (Lipinski definition) is 1. The van der Waals surface area contributed by atoms with Crippen LogP contribution in [0.2, 0.25) is 0 Å². The molecule has 0 fully saturated rings. The fourth-order valence-corrected chi connectivity index (χ4v) is 3.89. The molecular weight excluding hydrogens is 302 g/mol. The third kappa shape index (κ3) is 2.49. The second-order valence-electron chi connectivity index (χ2n) is 6.70. The first-order valence-corrected chi connectivity index (χ1v) is 8.84. The van der Waals surface area contributed by atoms with Gasteiger partial charge in [0.25, 0.3) is 0 Å². The van der Waals surface area contributed by atoms with Crippen LogP contribution >= 0.6 is 0 Å². The minimum atomic E-state index is 1.10. The predicted molar refractivity (Wildman–Crippen MR) is 106 cm³/mol. The Morgan fingerprint density at radius 1 is 0.720 bits per heavy atom. The summed E-state index contributed by atoms with van der Waals surface area (Å²) in [6, 6.07) is 26.4. The maximum absolute atomic E-state index is 3.32. The zero-order valence-corrected chi connectivity index (χ0v) is 14.0. The molecule has 0 amide bonds. The highest BCUT2D eigenvalue weighted by Crippen LogP contribution is 2.35. The fourth-order valence-electron chi connectivity index (χ4n) is 3.89. The van der Waals surface area contributed by atoms with E-state index < -0.39 is 0 Å². The molecule has 3 aromatic carbocycles. The standard InChI is InChI=1S/C24H19N/c1-3-7-21-18(5-1)11-12-19-6-2-4-8-22(19)23(21)15-17-9-10-20-13-14-25-24(20)16-17/h1-10,13-16,25H,11-12H2. The van der Waals surface area contributed by atoms with Gasteiger partial charge in [-0.1, -0.05) is 60.7 Å². The first kappa shape index (κ1) is 14.3. The van der Waals surface area contributed by atoms with E-state index in [0.717, 1.165) is 12.8 Å². The molecule has 0 unspecified atom stereocenters. The Bertz CT molecular complexity index is 1050. The highest BCUT2D eigenvalue weighted by molar-refractivity contribution is 5.95. The molecule has 1 heterocycles. The summed E-state index contributed by atoms with van der Waals surface area (Å²) in [6.07, 6.45) is 6.53. The maximum atomic E-state index is 3.32. The third-order valence-corrected chi connectivity index (χ3v) is 5.17. The fraction of sp³-hybridized carbons (Fsp3) is 0.0833. The van der Waals surface area contributed by atoms with Gasteiger partial charge < -0.3 is 4.98 Å². The summed E-state index contributed by atoms with van der Waals surface area (Å²) in [5, 5.41) is 1.25. The summed E-state index contributed by atoms with van der Waals surface area (Å²) in [5.74, 6) is 0. The molecule has 25 heavy (non-hydrogen) atoms. The zero-order valence-electron chi connectivity index (χ0n) is 14.0. The van der Waals surface area contributed by atoms with E-state index in [0.29, 0.717) is 0 Å². The minimum absolute atomic E-state index is 1.10. The van der Waals surface area contributed by atoms with Crippen LogP contribution in [0.5, 0.6) is 0 Å². The van der Waals surface area contributed by atoms with Crippen molar-refractivity contribution < 1.29 is 0 Å². The molecule has 1 aliphatic carbocycles. The number of H-pyrrole nitrogens is 1. The van der Waals surface area contributed by atoms with Crippen LogP contribution in [0.25, 0.3) is 22.6 Å². The first-order chi connectivity index (χ1) is 12.4. The van der Waals surface area contributed by atoms with Crippen LogP contribution < -0.4 is 0 Å². The van der Waals surface area contributed by atoms with Crippen molar-refractivity contribution in [3.05, 3.63) is 107 Å². The van der Waals surface area contributed by atoms with E-state index in [1.165, 1.54) is 44.3 Å². The Kier molecular flexibility index (Phi) is 3.31. The largest absolute Gasteiger partial charge is 0.361 e. The molecule has 0 saturated carbocycles. The van der Waals surface area contributed by atoms with Gasteiger partial charge in [-0.15, -0.1) is 0 Å². The lowest BCUT2D eigenvalue weighted by molar-refractivity contribution is 0.965. The van der Waals surface area contributed by atoms with E-state index in [4.69, 9.17) is 0 Å². The van der Waals surface area contributed by atoms with E-state index in [1.54, 1.807) is 0 Å². The number of aryl methyl sites for hydroxylation is 2. The molecule has 4 aromatic rings. The lowest BCUT2D eigenvalue weighted by Gasteiger charge is -2.12.